The summed E-state index contributed by atoms with van der Waals surface area (Å²) in [6.45, 7) is 11.9. The topological polar surface area (TPSA) is 223 Å². The number of hydrogen-bond donors (Lipinski definition) is 7. The van der Waals surface area contributed by atoms with E-state index in [4.69, 9.17) is 11.5 Å². The number of aliphatic hydroxyl groups excluding tert-OH is 1. The molecule has 0 heterocycles. The van der Waals surface area contributed by atoms with Crippen LogP contribution in [0.2, 0.25) is 0 Å². The van der Waals surface area contributed by atoms with Gasteiger partial charge in [0, 0.05) is 0 Å². The minimum atomic E-state index is -1.38. The lowest BCUT2D eigenvalue weighted by Gasteiger charge is -2.30. The Morgan fingerprint density at radius 2 is 1.21 bits per heavy atom. The zero-order valence-corrected chi connectivity index (χ0v) is 23.4. The van der Waals surface area contributed by atoms with Crippen molar-refractivity contribution in [3.05, 3.63) is 0 Å². The quantitative estimate of drug-likeness (QED) is 0.106. The number of carbonyl (C=O) groups is 6. The van der Waals surface area contributed by atoms with Crippen molar-refractivity contribution in [2.75, 3.05) is 0 Å². The number of amides is 5. The van der Waals surface area contributed by atoms with E-state index in [1.165, 1.54) is 6.92 Å². The summed E-state index contributed by atoms with van der Waals surface area (Å²) in [6.07, 6.45) is -0.126. The second-order valence-electron chi connectivity index (χ2n) is 10.2. The zero-order chi connectivity index (χ0) is 29.7. The van der Waals surface area contributed by atoms with E-state index in [0.717, 1.165) is 0 Å². The van der Waals surface area contributed by atoms with Crippen molar-refractivity contribution >= 4 is 35.8 Å². The Balaban J connectivity index is 5.90. The molecule has 0 aromatic rings. The molecule has 0 aromatic heterocycles. The standard InChI is InChI=1S/C25H46N6O7/c1-8-13(5)20(31-25(38)21(14(6)9-2)30-23(36)19(27)15(7)33)24(37)28-16(10-18(26)34)22(35)29-17(11-32)12(3)4/h11-17,19-21,33H,8-10,27H2,1-7H3,(H2,26,34)(H,28,37)(H,29,35)(H,30,36)(H,31,38)/t13-,14-,15+,16-,17+,19-,20-,21-/m0/s1. The van der Waals surface area contributed by atoms with Crippen molar-refractivity contribution in [3.63, 3.8) is 0 Å². The van der Waals surface area contributed by atoms with Gasteiger partial charge in [0.1, 0.15) is 30.5 Å². The van der Waals surface area contributed by atoms with Crippen molar-refractivity contribution in [1.29, 1.82) is 0 Å². The summed E-state index contributed by atoms with van der Waals surface area (Å²) in [7, 11) is 0. The van der Waals surface area contributed by atoms with Crippen LogP contribution in [0.15, 0.2) is 0 Å². The maximum Gasteiger partial charge on any atom is 0.243 e. The fourth-order valence-electron chi connectivity index (χ4n) is 3.41. The molecule has 9 N–H and O–H groups in total. The molecule has 5 amide bonds. The van der Waals surface area contributed by atoms with Crippen LogP contribution < -0.4 is 32.7 Å². The van der Waals surface area contributed by atoms with Crippen molar-refractivity contribution in [2.45, 2.75) is 104 Å². The van der Waals surface area contributed by atoms with Gasteiger partial charge in [-0.15, -0.1) is 0 Å². The first-order chi connectivity index (χ1) is 17.6. The summed E-state index contributed by atoms with van der Waals surface area (Å²) in [5.41, 5.74) is 11.0. The minimum Gasteiger partial charge on any atom is -0.391 e. The Hall–Kier alpha value is -3.06. The highest BCUT2D eigenvalue weighted by atomic mass is 16.3. The maximum atomic E-state index is 13.3. The second kappa shape index (κ2) is 16.7. The number of rotatable bonds is 17. The van der Waals surface area contributed by atoms with Gasteiger partial charge < -0.3 is 42.6 Å². The summed E-state index contributed by atoms with van der Waals surface area (Å²) in [5.74, 6) is -4.71. The smallest absolute Gasteiger partial charge is 0.243 e. The van der Waals surface area contributed by atoms with Crippen LogP contribution in [0.4, 0.5) is 0 Å². The molecule has 13 nitrogen and oxygen atoms in total. The molecule has 0 unspecified atom stereocenters. The Labute approximate surface area is 224 Å². The molecule has 0 aliphatic carbocycles. The Morgan fingerprint density at radius 1 is 0.763 bits per heavy atom. The van der Waals surface area contributed by atoms with Gasteiger partial charge in [0.15, 0.2) is 0 Å². The predicted octanol–water partition coefficient (Wildman–Crippen LogP) is -1.54. The van der Waals surface area contributed by atoms with Gasteiger partial charge in [-0.3, -0.25) is 24.0 Å². The zero-order valence-electron chi connectivity index (χ0n) is 23.4. The largest absolute Gasteiger partial charge is 0.391 e. The van der Waals surface area contributed by atoms with E-state index >= 15 is 0 Å². The van der Waals surface area contributed by atoms with E-state index in [1.54, 1.807) is 34.6 Å². The molecule has 0 radical (unpaired) electrons. The van der Waals surface area contributed by atoms with Gasteiger partial charge in [0.05, 0.1) is 18.6 Å². The van der Waals surface area contributed by atoms with E-state index in [1.807, 2.05) is 6.92 Å². The molecule has 13 heteroatoms. The molecule has 0 aliphatic heterocycles. The van der Waals surface area contributed by atoms with Crippen LogP contribution in [0, 0.1) is 17.8 Å². The Morgan fingerprint density at radius 3 is 1.58 bits per heavy atom. The van der Waals surface area contributed by atoms with Crippen LogP contribution in [0.1, 0.15) is 67.7 Å². The minimum absolute atomic E-state index is 0.233. The number of nitrogens with one attached hydrogen (secondary N) is 4. The third-order valence-electron chi connectivity index (χ3n) is 6.62. The van der Waals surface area contributed by atoms with E-state index in [9.17, 15) is 33.9 Å². The Kier molecular flexibility index (Phi) is 15.4. The van der Waals surface area contributed by atoms with Gasteiger partial charge in [-0.25, -0.2) is 0 Å². The molecule has 0 bridgehead atoms. The molecule has 0 aliphatic rings. The number of aliphatic hydroxyl groups is 1. The van der Waals surface area contributed by atoms with Crippen molar-refractivity contribution in [2.24, 2.45) is 29.2 Å². The maximum absolute atomic E-state index is 13.3. The first-order valence-corrected chi connectivity index (χ1v) is 13.0. The lowest BCUT2D eigenvalue weighted by atomic mass is 9.94. The van der Waals surface area contributed by atoms with Gasteiger partial charge in [0.2, 0.25) is 29.5 Å². The third kappa shape index (κ3) is 11.1. The molecule has 0 fully saturated rings. The molecular formula is C25H46N6O7. The molecule has 0 spiro atoms. The first-order valence-electron chi connectivity index (χ1n) is 13.0. The van der Waals surface area contributed by atoms with Crippen LogP contribution >= 0.6 is 0 Å². The molecule has 8 atom stereocenters. The van der Waals surface area contributed by atoms with Gasteiger partial charge in [-0.1, -0.05) is 54.4 Å². The van der Waals surface area contributed by atoms with E-state index in [-0.39, 0.29) is 11.8 Å². The van der Waals surface area contributed by atoms with Crippen molar-refractivity contribution < 1.29 is 33.9 Å². The summed E-state index contributed by atoms with van der Waals surface area (Å²) >= 11 is 0. The number of aldehydes is 1. The first kappa shape index (κ1) is 34.9. The average Bonchev–Trinajstić information content (AvgIpc) is 2.85. The molecule has 0 saturated heterocycles. The molecular weight excluding hydrogens is 496 g/mol. The molecule has 38 heavy (non-hydrogen) atoms. The van der Waals surface area contributed by atoms with E-state index in [0.29, 0.717) is 19.1 Å². The normalized spacial score (nSPS) is 17.5. The number of hydrogen-bond acceptors (Lipinski definition) is 8. The molecule has 0 saturated carbocycles. The highest BCUT2D eigenvalue weighted by Gasteiger charge is 2.35. The lowest BCUT2D eigenvalue weighted by molar-refractivity contribution is -0.136. The summed E-state index contributed by atoms with van der Waals surface area (Å²) in [6, 6.07) is -5.65. The van der Waals surface area contributed by atoms with Crippen LogP contribution in [0.3, 0.4) is 0 Å². The fourth-order valence-corrected chi connectivity index (χ4v) is 3.41. The average molecular weight is 543 g/mol. The van der Waals surface area contributed by atoms with Crippen LogP contribution in [-0.2, 0) is 28.8 Å². The molecule has 0 aromatic carbocycles. The third-order valence-corrected chi connectivity index (χ3v) is 6.62. The molecule has 0 rings (SSSR count). The number of primary amides is 1. The highest BCUT2D eigenvalue weighted by Crippen LogP contribution is 2.13. The molecule has 218 valence electrons. The van der Waals surface area contributed by atoms with Gasteiger partial charge in [-0.2, -0.15) is 0 Å². The van der Waals surface area contributed by atoms with E-state index < -0.39 is 78.2 Å². The van der Waals surface area contributed by atoms with Crippen LogP contribution in [0.5, 0.6) is 0 Å². The van der Waals surface area contributed by atoms with E-state index in [2.05, 4.69) is 21.3 Å². The summed E-state index contributed by atoms with van der Waals surface area (Å²) < 4.78 is 0. The Bertz CT molecular complexity index is 835. The predicted molar refractivity (Wildman–Crippen MR) is 141 cm³/mol. The van der Waals surface area contributed by atoms with Gasteiger partial charge in [0.25, 0.3) is 0 Å². The summed E-state index contributed by atoms with van der Waals surface area (Å²) in [4.78, 5) is 74.7. The SMILES string of the molecule is CC[C@H](C)[C@H](NC(=O)[C@@H](N)[C@@H](C)O)C(=O)N[C@H](C(=O)N[C@@H](CC(N)=O)C(=O)N[C@H](C=O)C(C)C)[C@@H](C)CC. The number of carbonyl (C=O) groups excluding carboxylic acids is 6. The van der Waals surface area contributed by atoms with Crippen molar-refractivity contribution in [1.82, 2.24) is 21.3 Å². The summed E-state index contributed by atoms with van der Waals surface area (Å²) in [5, 5.41) is 19.8. The fraction of sp³-hybridized carbons (Fsp3) is 0.760. The lowest BCUT2D eigenvalue weighted by Crippen LogP contribution is -2.61. The van der Waals surface area contributed by atoms with Gasteiger partial charge >= 0.3 is 0 Å². The van der Waals surface area contributed by atoms with Crippen molar-refractivity contribution in [3.8, 4) is 0 Å². The highest BCUT2D eigenvalue weighted by molar-refractivity contribution is 5.96. The van der Waals surface area contributed by atoms with Crippen LogP contribution in [0.25, 0.3) is 0 Å². The second-order valence-corrected chi connectivity index (χ2v) is 10.2. The van der Waals surface area contributed by atoms with Gasteiger partial charge in [-0.05, 0) is 24.7 Å². The number of nitrogens with two attached hydrogens (primary N) is 2. The van der Waals surface area contributed by atoms with Crippen LogP contribution in [-0.4, -0.2) is 77.2 Å². The monoisotopic (exact) mass is 542 g/mol.